The largest absolute Gasteiger partial charge is 0.460 e. The van der Waals surface area contributed by atoms with Gasteiger partial charge in [-0.2, -0.15) is 5.26 Å². The minimum absolute atomic E-state index is 0.0121. The van der Waals surface area contributed by atoms with Crippen molar-refractivity contribution in [2.24, 2.45) is 10.7 Å². The number of ether oxygens (including phenoxy) is 2. The van der Waals surface area contributed by atoms with Crippen molar-refractivity contribution in [1.82, 2.24) is 4.98 Å². The maximum atomic E-state index is 14.7. The molecule has 1 aromatic heterocycles. The molecule has 0 aliphatic carbocycles. The topological polar surface area (TPSA) is 123 Å². The number of alkyl halides is 2. The number of carbonyl (C=O) groups is 1. The first kappa shape index (κ1) is 22.0. The minimum Gasteiger partial charge on any atom is -0.460 e. The van der Waals surface area contributed by atoms with Gasteiger partial charge in [-0.15, -0.1) is 0 Å². The Balaban J connectivity index is 1.95. The number of methoxy groups -OCH3 is 1. The van der Waals surface area contributed by atoms with E-state index in [1.807, 2.05) is 6.07 Å². The Hall–Kier alpha value is -3.65. The van der Waals surface area contributed by atoms with Crippen LogP contribution in [0.3, 0.4) is 0 Å². The molecule has 8 nitrogen and oxygen atoms in total. The molecule has 2 aromatic rings. The van der Waals surface area contributed by atoms with Crippen LogP contribution >= 0.6 is 0 Å². The highest BCUT2D eigenvalue weighted by atomic mass is 19.3. The van der Waals surface area contributed by atoms with Crippen molar-refractivity contribution in [1.29, 1.82) is 5.26 Å². The van der Waals surface area contributed by atoms with Crippen molar-refractivity contribution in [3.05, 3.63) is 59.2 Å². The lowest BCUT2D eigenvalue weighted by atomic mass is 9.84. The predicted molar refractivity (Wildman–Crippen MR) is 104 cm³/mol. The number of hydrogen-bond acceptors (Lipinski definition) is 7. The lowest BCUT2D eigenvalue weighted by molar-refractivity contribution is -0.0214. The lowest BCUT2D eigenvalue weighted by Gasteiger charge is -2.37. The number of nitrogens with two attached hydrogens (primary N) is 1. The molecular weight excluding hydrogens is 415 g/mol. The maximum Gasteiger partial charge on any atom is 0.283 e. The van der Waals surface area contributed by atoms with E-state index < -0.39 is 41.4 Å². The second kappa shape index (κ2) is 9.01. The molecule has 2 heterocycles. The number of amides is 1. The monoisotopic (exact) mass is 433 g/mol. The summed E-state index contributed by atoms with van der Waals surface area (Å²) in [5.74, 6) is -1.61. The number of nitriles is 1. The predicted octanol–water partition coefficient (Wildman–Crippen LogP) is 2.56. The Morgan fingerprint density at radius 1 is 1.45 bits per heavy atom. The van der Waals surface area contributed by atoms with Crippen molar-refractivity contribution in [2.75, 3.05) is 19.0 Å². The van der Waals surface area contributed by atoms with E-state index >= 15 is 0 Å². The lowest BCUT2D eigenvalue weighted by Crippen LogP contribution is -2.46. The number of nitrogens with zero attached hydrogens (tertiary/aromatic N) is 3. The van der Waals surface area contributed by atoms with Gasteiger partial charge in [0.05, 0.1) is 12.2 Å². The first-order valence-electron chi connectivity index (χ1n) is 9.05. The summed E-state index contributed by atoms with van der Waals surface area (Å²) < 4.78 is 53.3. The summed E-state index contributed by atoms with van der Waals surface area (Å²) in [6.07, 6.45) is -3.15. The second-order valence-corrected chi connectivity index (χ2v) is 6.77. The maximum absolute atomic E-state index is 14.7. The van der Waals surface area contributed by atoms with Crippen LogP contribution in [0.4, 0.5) is 18.9 Å². The van der Waals surface area contributed by atoms with Gasteiger partial charge in [0.2, 0.25) is 0 Å². The smallest absolute Gasteiger partial charge is 0.283 e. The van der Waals surface area contributed by atoms with Gasteiger partial charge in [0.15, 0.2) is 5.54 Å². The Labute approximate surface area is 175 Å². The van der Waals surface area contributed by atoms with E-state index in [1.54, 1.807) is 0 Å². The molecule has 0 bridgehead atoms. The van der Waals surface area contributed by atoms with Crippen LogP contribution in [-0.4, -0.2) is 43.2 Å². The van der Waals surface area contributed by atoms with E-state index in [2.05, 4.69) is 15.3 Å². The highest BCUT2D eigenvalue weighted by Crippen LogP contribution is 2.42. The van der Waals surface area contributed by atoms with Crippen LogP contribution < -0.4 is 11.1 Å². The summed E-state index contributed by atoms with van der Waals surface area (Å²) in [6, 6.07) is 7.35. The van der Waals surface area contributed by atoms with E-state index in [9.17, 15) is 18.0 Å². The summed E-state index contributed by atoms with van der Waals surface area (Å²) in [7, 11) is 1.36. The van der Waals surface area contributed by atoms with Crippen LogP contribution in [-0.2, 0) is 15.0 Å². The summed E-state index contributed by atoms with van der Waals surface area (Å²) >= 11 is 0. The number of nitrogens with one attached hydrogen (secondary N) is 1. The first-order valence-corrected chi connectivity index (χ1v) is 9.05. The summed E-state index contributed by atoms with van der Waals surface area (Å²) in [5, 5.41) is 11.3. The number of benzene rings is 1. The third-order valence-electron chi connectivity index (χ3n) is 4.67. The van der Waals surface area contributed by atoms with Gasteiger partial charge < -0.3 is 20.5 Å². The standard InChI is InChI=1S/C20H18F3N5O3/c1-30-10-13-7-20(18(22)23,28-19(25)31-13)14-6-12(3-4-15(14)21)27-17(29)16-5-2-11(8-24)9-26-16/h2-6,9,13,18H,7,10H2,1H3,(H2,25,28)(H,27,29)/t13-,20-/m0/s1. The summed E-state index contributed by atoms with van der Waals surface area (Å²) in [5.41, 5.74) is 3.13. The molecule has 1 aliphatic heterocycles. The zero-order valence-corrected chi connectivity index (χ0v) is 16.3. The molecule has 0 spiro atoms. The quantitative estimate of drug-likeness (QED) is 0.722. The molecule has 1 amide bonds. The van der Waals surface area contributed by atoms with Gasteiger partial charge >= 0.3 is 0 Å². The highest BCUT2D eigenvalue weighted by Gasteiger charge is 2.49. The molecule has 162 valence electrons. The molecule has 0 fully saturated rings. The Morgan fingerprint density at radius 2 is 2.23 bits per heavy atom. The van der Waals surface area contributed by atoms with Gasteiger partial charge in [-0.3, -0.25) is 4.79 Å². The Morgan fingerprint density at radius 3 is 2.84 bits per heavy atom. The number of pyridine rings is 1. The van der Waals surface area contributed by atoms with Crippen LogP contribution in [0.25, 0.3) is 0 Å². The molecule has 1 aromatic carbocycles. The number of hydrogen-bond donors (Lipinski definition) is 2. The molecule has 0 saturated heterocycles. The molecule has 1 aliphatic rings. The number of aliphatic imine (C=N–C) groups is 1. The number of halogens is 3. The molecule has 31 heavy (non-hydrogen) atoms. The van der Waals surface area contributed by atoms with E-state index in [4.69, 9.17) is 20.5 Å². The number of carbonyl (C=O) groups excluding carboxylic acids is 1. The number of anilines is 1. The van der Waals surface area contributed by atoms with Crippen molar-refractivity contribution in [3.63, 3.8) is 0 Å². The van der Waals surface area contributed by atoms with E-state index in [1.165, 1.54) is 31.5 Å². The minimum atomic E-state index is -3.12. The SMILES string of the molecule is COC[C@@H]1C[C@](c2cc(NC(=O)c3ccc(C#N)cn3)ccc2F)(C(F)F)N=C(N)O1. The molecule has 0 radical (unpaired) electrons. The molecule has 0 unspecified atom stereocenters. The number of aromatic nitrogens is 1. The van der Waals surface area contributed by atoms with Crippen LogP contribution in [0.2, 0.25) is 0 Å². The third kappa shape index (κ3) is 4.59. The normalized spacial score (nSPS) is 20.5. The molecular formula is C20H18F3N5O3. The van der Waals surface area contributed by atoms with Crippen LogP contribution in [0.1, 0.15) is 28.0 Å². The zero-order chi connectivity index (χ0) is 22.6. The van der Waals surface area contributed by atoms with Crippen molar-refractivity contribution >= 4 is 17.6 Å². The highest BCUT2D eigenvalue weighted by molar-refractivity contribution is 6.02. The van der Waals surface area contributed by atoms with Crippen LogP contribution in [0.15, 0.2) is 41.5 Å². The van der Waals surface area contributed by atoms with Crippen molar-refractivity contribution in [2.45, 2.75) is 24.5 Å². The van der Waals surface area contributed by atoms with Crippen molar-refractivity contribution < 1.29 is 27.4 Å². The van der Waals surface area contributed by atoms with E-state index in [0.29, 0.717) is 0 Å². The van der Waals surface area contributed by atoms with Crippen LogP contribution in [0.5, 0.6) is 0 Å². The first-order chi connectivity index (χ1) is 14.8. The molecule has 3 N–H and O–H groups in total. The average Bonchev–Trinajstić information content (AvgIpc) is 2.74. The van der Waals surface area contributed by atoms with Gasteiger partial charge in [0.25, 0.3) is 18.4 Å². The Kier molecular flexibility index (Phi) is 6.41. The van der Waals surface area contributed by atoms with Gasteiger partial charge in [-0.1, -0.05) is 0 Å². The Bertz CT molecular complexity index is 1040. The summed E-state index contributed by atoms with van der Waals surface area (Å²) in [4.78, 5) is 20.0. The van der Waals surface area contributed by atoms with E-state index in [-0.39, 0.29) is 30.0 Å². The van der Waals surface area contributed by atoms with Gasteiger partial charge in [-0.25, -0.2) is 23.1 Å². The molecule has 0 saturated carbocycles. The molecule has 2 atom stereocenters. The number of amidine groups is 1. The van der Waals surface area contributed by atoms with Gasteiger partial charge in [0, 0.05) is 31.0 Å². The fourth-order valence-corrected chi connectivity index (χ4v) is 3.26. The molecule has 11 heteroatoms. The fraction of sp³-hybridized carbons (Fsp3) is 0.300. The molecule has 3 rings (SSSR count). The van der Waals surface area contributed by atoms with Crippen molar-refractivity contribution in [3.8, 4) is 6.07 Å². The number of rotatable bonds is 6. The van der Waals surface area contributed by atoms with Gasteiger partial charge in [-0.05, 0) is 30.3 Å². The van der Waals surface area contributed by atoms with E-state index in [0.717, 1.165) is 12.1 Å². The third-order valence-corrected chi connectivity index (χ3v) is 4.67. The van der Waals surface area contributed by atoms with Crippen LogP contribution in [0, 0.1) is 17.1 Å². The van der Waals surface area contributed by atoms with Gasteiger partial charge in [0.1, 0.15) is 23.7 Å². The zero-order valence-electron chi connectivity index (χ0n) is 16.3. The summed E-state index contributed by atoms with van der Waals surface area (Å²) in [6.45, 7) is -0.0485. The second-order valence-electron chi connectivity index (χ2n) is 6.77. The fourth-order valence-electron chi connectivity index (χ4n) is 3.26. The average molecular weight is 433 g/mol.